The predicted molar refractivity (Wildman–Crippen MR) is 63.0 cm³/mol. The van der Waals surface area contributed by atoms with Crippen molar-refractivity contribution in [3.63, 3.8) is 0 Å². The number of nitrogens with two attached hydrogens (primary N) is 1. The summed E-state index contributed by atoms with van der Waals surface area (Å²) in [4.78, 5) is 4.54. The van der Waals surface area contributed by atoms with E-state index in [-0.39, 0.29) is 5.41 Å². The molecule has 1 aliphatic heterocycles. The second kappa shape index (κ2) is 4.29. The highest BCUT2D eigenvalue weighted by Crippen LogP contribution is 2.47. The van der Waals surface area contributed by atoms with E-state index in [0.29, 0.717) is 31.5 Å². The van der Waals surface area contributed by atoms with Gasteiger partial charge < -0.3 is 19.7 Å². The molecule has 100 valence electrons. The Hall–Kier alpha value is -0.980. The molecule has 2 aliphatic rings. The predicted octanol–water partition coefficient (Wildman–Crippen LogP) is 0.712. The van der Waals surface area contributed by atoms with Crippen molar-refractivity contribution in [2.24, 2.45) is 5.73 Å². The van der Waals surface area contributed by atoms with Gasteiger partial charge in [0.25, 0.3) is 0 Å². The molecular formula is C12H19N3O3. The lowest BCUT2D eigenvalue weighted by Crippen LogP contribution is -2.36. The Morgan fingerprint density at radius 2 is 2.00 bits per heavy atom. The van der Waals surface area contributed by atoms with Crippen LogP contribution in [-0.4, -0.2) is 37.0 Å². The normalized spacial score (nSPS) is 25.0. The van der Waals surface area contributed by atoms with Gasteiger partial charge in [-0.1, -0.05) is 5.16 Å². The molecule has 0 atom stereocenters. The Labute approximate surface area is 106 Å². The van der Waals surface area contributed by atoms with Crippen LogP contribution in [-0.2, 0) is 20.5 Å². The minimum absolute atomic E-state index is 0.0641. The van der Waals surface area contributed by atoms with Gasteiger partial charge in [0.1, 0.15) is 5.60 Å². The van der Waals surface area contributed by atoms with E-state index in [1.165, 1.54) is 0 Å². The summed E-state index contributed by atoms with van der Waals surface area (Å²) in [5.41, 5.74) is 5.26. The summed E-state index contributed by atoms with van der Waals surface area (Å²) < 4.78 is 16.4. The SMILES string of the molecule is COC1(c2noc(C3(CN)CC3)n2)CCOCC1. The molecule has 0 amide bonds. The van der Waals surface area contributed by atoms with Crippen molar-refractivity contribution < 1.29 is 14.0 Å². The lowest BCUT2D eigenvalue weighted by molar-refractivity contribution is -0.101. The third-order valence-corrected chi connectivity index (χ3v) is 4.22. The summed E-state index contributed by atoms with van der Waals surface area (Å²) in [5.74, 6) is 1.31. The second-order valence-corrected chi connectivity index (χ2v) is 5.22. The summed E-state index contributed by atoms with van der Waals surface area (Å²) in [6, 6.07) is 0. The fourth-order valence-electron chi connectivity index (χ4n) is 2.50. The fourth-order valence-corrected chi connectivity index (χ4v) is 2.50. The van der Waals surface area contributed by atoms with Crippen molar-refractivity contribution in [3.05, 3.63) is 11.7 Å². The first-order chi connectivity index (χ1) is 8.75. The van der Waals surface area contributed by atoms with Crippen LogP contribution in [0.5, 0.6) is 0 Å². The molecule has 1 aliphatic carbocycles. The average molecular weight is 253 g/mol. The van der Waals surface area contributed by atoms with E-state index in [9.17, 15) is 0 Å². The van der Waals surface area contributed by atoms with E-state index in [0.717, 1.165) is 25.7 Å². The summed E-state index contributed by atoms with van der Waals surface area (Å²) in [6.45, 7) is 1.90. The number of aromatic nitrogens is 2. The first kappa shape index (κ1) is 12.1. The van der Waals surface area contributed by atoms with Crippen LogP contribution in [0.1, 0.15) is 37.4 Å². The molecule has 1 aromatic heterocycles. The van der Waals surface area contributed by atoms with Gasteiger partial charge in [0.2, 0.25) is 11.7 Å². The molecule has 6 heteroatoms. The molecule has 1 saturated carbocycles. The Morgan fingerprint density at radius 1 is 1.28 bits per heavy atom. The summed E-state index contributed by atoms with van der Waals surface area (Å²) >= 11 is 0. The van der Waals surface area contributed by atoms with Crippen LogP contribution in [0.15, 0.2) is 4.52 Å². The minimum Gasteiger partial charge on any atom is -0.381 e. The first-order valence-corrected chi connectivity index (χ1v) is 6.42. The number of ether oxygens (including phenoxy) is 2. The van der Waals surface area contributed by atoms with Gasteiger partial charge in [-0.25, -0.2) is 0 Å². The third-order valence-electron chi connectivity index (χ3n) is 4.22. The number of hydrogen-bond acceptors (Lipinski definition) is 6. The maximum Gasteiger partial charge on any atom is 0.234 e. The van der Waals surface area contributed by atoms with Crippen LogP contribution >= 0.6 is 0 Å². The molecule has 0 radical (unpaired) electrons. The molecule has 6 nitrogen and oxygen atoms in total. The van der Waals surface area contributed by atoms with E-state index in [2.05, 4.69) is 10.1 Å². The average Bonchev–Trinajstić information content (AvgIpc) is 3.08. The molecule has 0 aromatic carbocycles. The molecule has 0 spiro atoms. The zero-order valence-electron chi connectivity index (χ0n) is 10.6. The lowest BCUT2D eigenvalue weighted by atomic mass is 9.93. The van der Waals surface area contributed by atoms with Crippen molar-refractivity contribution in [1.82, 2.24) is 10.1 Å². The standard InChI is InChI=1S/C12H19N3O3/c1-16-12(4-6-17-7-5-12)9-14-10(18-15-9)11(8-13)2-3-11/h2-8,13H2,1H3. The van der Waals surface area contributed by atoms with E-state index < -0.39 is 5.60 Å². The van der Waals surface area contributed by atoms with Gasteiger partial charge in [0, 0.05) is 39.7 Å². The van der Waals surface area contributed by atoms with Crippen LogP contribution in [0.4, 0.5) is 0 Å². The molecule has 18 heavy (non-hydrogen) atoms. The second-order valence-electron chi connectivity index (χ2n) is 5.22. The molecule has 0 bridgehead atoms. The van der Waals surface area contributed by atoms with Crippen LogP contribution < -0.4 is 5.73 Å². The molecule has 2 fully saturated rings. The van der Waals surface area contributed by atoms with Crippen LogP contribution in [0.25, 0.3) is 0 Å². The maximum absolute atomic E-state index is 5.77. The summed E-state index contributed by atoms with van der Waals surface area (Å²) in [6.07, 6.45) is 3.60. The molecule has 2 heterocycles. The molecule has 0 unspecified atom stereocenters. The number of nitrogens with zero attached hydrogens (tertiary/aromatic N) is 2. The number of rotatable bonds is 4. The monoisotopic (exact) mass is 253 g/mol. The highest BCUT2D eigenvalue weighted by Gasteiger charge is 2.49. The van der Waals surface area contributed by atoms with Gasteiger partial charge in [-0.2, -0.15) is 4.98 Å². The van der Waals surface area contributed by atoms with E-state index >= 15 is 0 Å². The fraction of sp³-hybridized carbons (Fsp3) is 0.833. The molecule has 2 N–H and O–H groups in total. The highest BCUT2D eigenvalue weighted by molar-refractivity contribution is 5.17. The number of hydrogen-bond donors (Lipinski definition) is 1. The van der Waals surface area contributed by atoms with Gasteiger partial charge in [-0.15, -0.1) is 0 Å². The maximum atomic E-state index is 5.77. The lowest BCUT2D eigenvalue weighted by Gasteiger charge is -2.32. The Bertz CT molecular complexity index is 422. The Morgan fingerprint density at radius 3 is 2.56 bits per heavy atom. The minimum atomic E-state index is -0.454. The van der Waals surface area contributed by atoms with E-state index in [4.69, 9.17) is 19.7 Å². The van der Waals surface area contributed by atoms with Gasteiger partial charge in [0.15, 0.2) is 0 Å². The van der Waals surface area contributed by atoms with Crippen molar-refractivity contribution in [1.29, 1.82) is 0 Å². The van der Waals surface area contributed by atoms with Crippen LogP contribution in [0.2, 0.25) is 0 Å². The van der Waals surface area contributed by atoms with Gasteiger partial charge >= 0.3 is 0 Å². The van der Waals surface area contributed by atoms with Crippen molar-refractivity contribution in [2.75, 3.05) is 26.9 Å². The van der Waals surface area contributed by atoms with Gasteiger partial charge in [-0.05, 0) is 12.8 Å². The zero-order valence-corrected chi connectivity index (χ0v) is 10.6. The molecule has 3 rings (SSSR count). The van der Waals surface area contributed by atoms with Crippen LogP contribution in [0.3, 0.4) is 0 Å². The van der Waals surface area contributed by atoms with Crippen molar-refractivity contribution in [3.8, 4) is 0 Å². The zero-order chi connectivity index (χ0) is 12.6. The van der Waals surface area contributed by atoms with Crippen molar-refractivity contribution >= 4 is 0 Å². The number of methoxy groups -OCH3 is 1. The van der Waals surface area contributed by atoms with E-state index in [1.807, 2.05) is 0 Å². The Balaban J connectivity index is 1.87. The first-order valence-electron chi connectivity index (χ1n) is 6.42. The highest BCUT2D eigenvalue weighted by atomic mass is 16.5. The largest absolute Gasteiger partial charge is 0.381 e. The molecular weight excluding hydrogens is 234 g/mol. The van der Waals surface area contributed by atoms with Gasteiger partial charge in [-0.3, -0.25) is 0 Å². The molecule has 1 saturated heterocycles. The Kier molecular flexibility index (Phi) is 2.88. The third kappa shape index (κ3) is 1.75. The molecule has 1 aromatic rings. The van der Waals surface area contributed by atoms with Crippen molar-refractivity contribution in [2.45, 2.75) is 36.7 Å². The van der Waals surface area contributed by atoms with Gasteiger partial charge in [0.05, 0.1) is 5.41 Å². The quantitative estimate of drug-likeness (QED) is 0.851. The summed E-state index contributed by atoms with van der Waals surface area (Å²) in [7, 11) is 1.69. The van der Waals surface area contributed by atoms with Crippen LogP contribution in [0, 0.1) is 0 Å². The smallest absolute Gasteiger partial charge is 0.234 e. The summed E-state index contributed by atoms with van der Waals surface area (Å²) in [5, 5.41) is 4.11. The topological polar surface area (TPSA) is 83.4 Å². The van der Waals surface area contributed by atoms with E-state index in [1.54, 1.807) is 7.11 Å².